The van der Waals surface area contributed by atoms with Crippen LogP contribution in [0.5, 0.6) is 0 Å². The van der Waals surface area contributed by atoms with Crippen molar-refractivity contribution in [3.8, 4) is 0 Å². The Morgan fingerprint density at radius 2 is 1.69 bits per heavy atom. The molecule has 0 nitrogen and oxygen atoms in total. The van der Waals surface area contributed by atoms with Crippen LogP contribution in [0.4, 0.5) is 0 Å². The molecule has 0 aliphatic heterocycles. The van der Waals surface area contributed by atoms with E-state index in [1.165, 1.54) is 48.8 Å². The van der Waals surface area contributed by atoms with Gasteiger partial charge in [-0.15, -0.1) is 0 Å². The van der Waals surface area contributed by atoms with Crippen molar-refractivity contribution in [2.45, 2.75) is 46.0 Å². The van der Waals surface area contributed by atoms with Crippen LogP contribution in [0.3, 0.4) is 0 Å². The maximum Gasteiger partial charge on any atom is 1.00 e. The minimum absolute atomic E-state index is 0. The van der Waals surface area contributed by atoms with Crippen LogP contribution in [0, 0.1) is 13.8 Å². The molecule has 1 aromatic carbocycles. The molecular weight excluding hydrogens is 207 g/mol. The van der Waals surface area contributed by atoms with E-state index in [4.69, 9.17) is 12.6 Å². The van der Waals surface area contributed by atoms with E-state index in [0.717, 1.165) is 5.75 Å². The summed E-state index contributed by atoms with van der Waals surface area (Å²) in [6, 6.07) is 6.74. The summed E-state index contributed by atoms with van der Waals surface area (Å²) >= 11 is 4.93. The van der Waals surface area contributed by atoms with Gasteiger partial charge in [0.2, 0.25) is 0 Å². The summed E-state index contributed by atoms with van der Waals surface area (Å²) in [4.78, 5) is 0. The maximum atomic E-state index is 4.93. The van der Waals surface area contributed by atoms with Crippen LogP contribution in [0.25, 0.3) is 0 Å². The van der Waals surface area contributed by atoms with E-state index in [1.54, 1.807) is 0 Å². The fourth-order valence-corrected chi connectivity index (χ4v) is 2.04. The summed E-state index contributed by atoms with van der Waals surface area (Å²) in [5, 5.41) is 0. The predicted molar refractivity (Wildman–Crippen MR) is 70.3 cm³/mol. The third-order valence-corrected chi connectivity index (χ3v) is 3.13. The Kier molecular flexibility index (Phi) is 9.32. The summed E-state index contributed by atoms with van der Waals surface area (Å²) in [6.07, 6.45) is 6.37. The minimum Gasteiger partial charge on any atom is -0.793 e. The first-order chi connectivity index (χ1) is 7.24. The van der Waals surface area contributed by atoms with Crippen LogP contribution in [-0.2, 0) is 19.0 Å². The van der Waals surface area contributed by atoms with E-state index in [0.29, 0.717) is 0 Å². The second-order valence-electron chi connectivity index (χ2n) is 4.30. The zero-order chi connectivity index (χ0) is 11.1. The normalized spacial score (nSPS) is 9.94. The van der Waals surface area contributed by atoms with Crippen molar-refractivity contribution in [1.82, 2.24) is 0 Å². The zero-order valence-electron chi connectivity index (χ0n) is 10.9. The van der Waals surface area contributed by atoms with E-state index < -0.39 is 0 Å². The predicted octanol–water partition coefficient (Wildman–Crippen LogP) is 0.957. The summed E-state index contributed by atoms with van der Waals surface area (Å²) in [5.41, 5.74) is 4.33. The van der Waals surface area contributed by atoms with Gasteiger partial charge in [0, 0.05) is 0 Å². The third-order valence-electron chi connectivity index (χ3n) is 2.85. The Morgan fingerprint density at radius 3 is 2.38 bits per heavy atom. The van der Waals surface area contributed by atoms with Crippen molar-refractivity contribution in [3.63, 3.8) is 0 Å². The molecule has 0 N–H and O–H groups in total. The Hall–Kier alpha value is 0.167. The van der Waals surface area contributed by atoms with Gasteiger partial charge in [0.25, 0.3) is 0 Å². The number of unbranched alkanes of at least 4 members (excludes halogenated alkanes) is 3. The molecular formula is C14H21LiS. The van der Waals surface area contributed by atoms with Crippen molar-refractivity contribution in [3.05, 3.63) is 34.9 Å². The smallest absolute Gasteiger partial charge is 0.793 e. The van der Waals surface area contributed by atoms with E-state index in [2.05, 4.69) is 32.0 Å². The van der Waals surface area contributed by atoms with Crippen LogP contribution in [0.2, 0.25) is 0 Å². The molecule has 1 aromatic rings. The molecule has 0 aromatic heterocycles. The van der Waals surface area contributed by atoms with Crippen molar-refractivity contribution < 1.29 is 18.9 Å². The van der Waals surface area contributed by atoms with Gasteiger partial charge in [-0.05, 0) is 37.8 Å². The average molecular weight is 228 g/mol. The molecule has 2 heteroatoms. The minimum atomic E-state index is 0. The SMILES string of the molecule is Cc1ccc(C)c(CCCCCC[S-])c1.[Li+]. The topological polar surface area (TPSA) is 0 Å². The molecule has 0 saturated carbocycles. The van der Waals surface area contributed by atoms with Gasteiger partial charge in [-0.25, -0.2) is 0 Å². The Bertz CT molecular complexity index is 297. The average Bonchev–Trinajstić information content (AvgIpc) is 2.23. The van der Waals surface area contributed by atoms with Gasteiger partial charge in [-0.1, -0.05) is 43.0 Å². The molecule has 84 valence electrons. The summed E-state index contributed by atoms with van der Waals surface area (Å²) in [7, 11) is 0. The second kappa shape index (κ2) is 9.22. The van der Waals surface area contributed by atoms with Gasteiger partial charge in [0.1, 0.15) is 0 Å². The van der Waals surface area contributed by atoms with Crippen LogP contribution < -0.4 is 18.9 Å². The number of rotatable bonds is 6. The van der Waals surface area contributed by atoms with Gasteiger partial charge >= 0.3 is 18.9 Å². The van der Waals surface area contributed by atoms with Gasteiger partial charge in [-0.2, -0.15) is 5.75 Å². The maximum absolute atomic E-state index is 4.93. The molecule has 0 amide bonds. The number of aryl methyl sites for hydroxylation is 3. The van der Waals surface area contributed by atoms with Crippen molar-refractivity contribution in [2.24, 2.45) is 0 Å². The molecule has 0 bridgehead atoms. The van der Waals surface area contributed by atoms with Crippen molar-refractivity contribution in [2.75, 3.05) is 5.75 Å². The zero-order valence-corrected chi connectivity index (χ0v) is 11.7. The quantitative estimate of drug-likeness (QED) is 0.397. The number of hydrogen-bond donors (Lipinski definition) is 0. The molecule has 0 fully saturated rings. The Morgan fingerprint density at radius 1 is 1.00 bits per heavy atom. The fraction of sp³-hybridized carbons (Fsp3) is 0.571. The first kappa shape index (κ1) is 16.2. The molecule has 16 heavy (non-hydrogen) atoms. The van der Waals surface area contributed by atoms with E-state index >= 15 is 0 Å². The van der Waals surface area contributed by atoms with Crippen LogP contribution in [0.1, 0.15) is 42.4 Å². The van der Waals surface area contributed by atoms with Crippen molar-refractivity contribution >= 4 is 12.6 Å². The molecule has 0 spiro atoms. The monoisotopic (exact) mass is 228 g/mol. The summed E-state index contributed by atoms with van der Waals surface area (Å²) < 4.78 is 0. The molecule has 0 radical (unpaired) electrons. The van der Waals surface area contributed by atoms with Crippen LogP contribution >= 0.6 is 0 Å². The first-order valence-electron chi connectivity index (χ1n) is 5.88. The van der Waals surface area contributed by atoms with Gasteiger partial charge < -0.3 is 12.6 Å². The number of benzene rings is 1. The van der Waals surface area contributed by atoms with Gasteiger partial charge in [-0.3, -0.25) is 0 Å². The van der Waals surface area contributed by atoms with Crippen LogP contribution in [-0.4, -0.2) is 5.75 Å². The van der Waals surface area contributed by atoms with Gasteiger partial charge in [0.15, 0.2) is 0 Å². The van der Waals surface area contributed by atoms with E-state index in [9.17, 15) is 0 Å². The first-order valence-corrected chi connectivity index (χ1v) is 6.46. The number of hydrogen-bond acceptors (Lipinski definition) is 1. The molecule has 0 unspecified atom stereocenters. The summed E-state index contributed by atoms with van der Waals surface area (Å²) in [5.74, 6) is 0.920. The molecule has 0 heterocycles. The second-order valence-corrected chi connectivity index (χ2v) is 4.71. The summed E-state index contributed by atoms with van der Waals surface area (Å²) in [6.45, 7) is 4.37. The van der Waals surface area contributed by atoms with Gasteiger partial charge in [0.05, 0.1) is 0 Å². The Balaban J connectivity index is 0.00000225. The van der Waals surface area contributed by atoms with Crippen molar-refractivity contribution in [1.29, 1.82) is 0 Å². The molecule has 0 aliphatic rings. The molecule has 1 rings (SSSR count). The van der Waals surface area contributed by atoms with E-state index in [-0.39, 0.29) is 18.9 Å². The molecule has 0 aliphatic carbocycles. The van der Waals surface area contributed by atoms with Crippen LogP contribution in [0.15, 0.2) is 18.2 Å². The Labute approximate surface area is 118 Å². The van der Waals surface area contributed by atoms with E-state index in [1.807, 2.05) is 0 Å². The largest absolute Gasteiger partial charge is 1.00 e. The standard InChI is InChI=1S/C14H22S.Li/c1-12-8-9-13(2)14(11-12)7-5-3-4-6-10-15;/h8-9,11,15H,3-7,10H2,1-2H3;/q;+1/p-1. The third kappa shape index (κ3) is 6.04. The molecule has 0 atom stereocenters. The fourth-order valence-electron chi connectivity index (χ4n) is 1.84. The molecule has 0 saturated heterocycles.